The second-order valence-corrected chi connectivity index (χ2v) is 4.94. The number of aryl methyl sites for hydroxylation is 1. The molecule has 0 spiro atoms. The summed E-state index contributed by atoms with van der Waals surface area (Å²) in [6, 6.07) is 1.88. The fraction of sp³-hybridized carbons (Fsp3) is 0.750. The molecule has 0 aliphatic carbocycles. The maximum absolute atomic E-state index is 5.70. The normalized spacial score (nSPS) is 10.6. The second-order valence-electron chi connectivity index (χ2n) is 4.94. The third kappa shape index (κ3) is 7.85. The van der Waals surface area contributed by atoms with Crippen LogP contribution in [-0.2, 0) is 11.2 Å². The fourth-order valence-electron chi connectivity index (χ4n) is 1.83. The van der Waals surface area contributed by atoms with Crippen molar-refractivity contribution in [2.75, 3.05) is 31.7 Å². The lowest BCUT2D eigenvalue weighted by Crippen LogP contribution is -2.10. The summed E-state index contributed by atoms with van der Waals surface area (Å²) in [5.41, 5.74) is 0. The summed E-state index contributed by atoms with van der Waals surface area (Å²) in [5, 5.41) is 3.32. The Morgan fingerprint density at radius 1 is 1.05 bits per heavy atom. The van der Waals surface area contributed by atoms with Crippen LogP contribution in [0.15, 0.2) is 6.07 Å². The smallest absolute Gasteiger partial charge is 0.218 e. The molecule has 120 valence electrons. The van der Waals surface area contributed by atoms with Crippen molar-refractivity contribution in [3.8, 4) is 5.88 Å². The zero-order chi connectivity index (χ0) is 15.3. The summed E-state index contributed by atoms with van der Waals surface area (Å²) >= 11 is 0. The Balaban J connectivity index is 2.54. The van der Waals surface area contributed by atoms with Crippen LogP contribution >= 0.6 is 0 Å². The Kier molecular flexibility index (Phi) is 9.53. The number of hydrogen-bond donors (Lipinski definition) is 1. The predicted octanol–water partition coefficient (Wildman–Crippen LogP) is 3.45. The number of unbranched alkanes of at least 4 members (excludes halogenated alkanes) is 1. The van der Waals surface area contributed by atoms with Crippen molar-refractivity contribution in [3.05, 3.63) is 11.9 Å². The Morgan fingerprint density at radius 2 is 1.90 bits per heavy atom. The van der Waals surface area contributed by atoms with Crippen LogP contribution in [0.1, 0.15) is 52.3 Å². The van der Waals surface area contributed by atoms with Crippen LogP contribution in [0.25, 0.3) is 0 Å². The molecule has 0 bridgehead atoms. The molecule has 1 rings (SSSR count). The summed E-state index contributed by atoms with van der Waals surface area (Å²) in [4.78, 5) is 8.98. The van der Waals surface area contributed by atoms with Crippen LogP contribution in [0.3, 0.4) is 0 Å². The molecule has 0 radical (unpaired) electrons. The molecule has 1 N–H and O–H groups in total. The van der Waals surface area contributed by atoms with Gasteiger partial charge < -0.3 is 14.8 Å². The molecule has 0 aromatic carbocycles. The zero-order valence-electron chi connectivity index (χ0n) is 13.7. The van der Waals surface area contributed by atoms with Crippen LogP contribution in [0.4, 0.5) is 5.82 Å². The van der Waals surface area contributed by atoms with Gasteiger partial charge in [-0.2, -0.15) is 4.98 Å². The van der Waals surface area contributed by atoms with E-state index in [1.54, 1.807) is 0 Å². The van der Waals surface area contributed by atoms with E-state index in [0.29, 0.717) is 12.5 Å². The first-order valence-corrected chi connectivity index (χ1v) is 8.12. The van der Waals surface area contributed by atoms with Crippen LogP contribution in [0.5, 0.6) is 5.88 Å². The van der Waals surface area contributed by atoms with Gasteiger partial charge in [0.25, 0.3) is 0 Å². The number of hydrogen-bond acceptors (Lipinski definition) is 5. The van der Waals surface area contributed by atoms with Gasteiger partial charge in [0, 0.05) is 32.2 Å². The van der Waals surface area contributed by atoms with Crippen molar-refractivity contribution >= 4 is 5.82 Å². The molecule has 0 aliphatic rings. The lowest BCUT2D eigenvalue weighted by atomic mass is 10.3. The highest BCUT2D eigenvalue weighted by Crippen LogP contribution is 2.15. The molecule has 5 heteroatoms. The van der Waals surface area contributed by atoms with Gasteiger partial charge in [0.2, 0.25) is 5.88 Å². The molecule has 5 nitrogen and oxygen atoms in total. The number of aromatic nitrogens is 2. The molecule has 0 fully saturated rings. The van der Waals surface area contributed by atoms with Crippen LogP contribution in [0, 0.1) is 0 Å². The number of ether oxygens (including phenoxy) is 2. The van der Waals surface area contributed by atoms with E-state index in [9.17, 15) is 0 Å². The highest BCUT2D eigenvalue weighted by molar-refractivity contribution is 5.38. The lowest BCUT2D eigenvalue weighted by Gasteiger charge is -2.10. The van der Waals surface area contributed by atoms with Gasteiger partial charge in [0.15, 0.2) is 0 Å². The van der Waals surface area contributed by atoms with Gasteiger partial charge in [-0.1, -0.05) is 20.3 Å². The molecule has 1 aromatic heterocycles. The average Bonchev–Trinajstić information content (AvgIpc) is 2.48. The molecule has 0 amide bonds. The maximum atomic E-state index is 5.70. The van der Waals surface area contributed by atoms with Gasteiger partial charge in [-0.3, -0.25) is 0 Å². The van der Waals surface area contributed by atoms with Crippen molar-refractivity contribution in [3.63, 3.8) is 0 Å². The molecule has 1 aromatic rings. The minimum atomic E-state index is 0.675. The second kappa shape index (κ2) is 11.3. The van der Waals surface area contributed by atoms with E-state index >= 15 is 0 Å². The van der Waals surface area contributed by atoms with Crippen molar-refractivity contribution in [2.45, 2.75) is 52.9 Å². The SMILES string of the molecule is CCCCOc1cc(NCCCOCC)nc(CCC)n1. The number of anilines is 1. The Morgan fingerprint density at radius 3 is 2.62 bits per heavy atom. The van der Waals surface area contributed by atoms with E-state index in [1.165, 1.54) is 0 Å². The quantitative estimate of drug-likeness (QED) is 0.599. The number of rotatable bonds is 12. The van der Waals surface area contributed by atoms with Gasteiger partial charge >= 0.3 is 0 Å². The molecule has 0 saturated heterocycles. The van der Waals surface area contributed by atoms with E-state index < -0.39 is 0 Å². The van der Waals surface area contributed by atoms with Gasteiger partial charge in [-0.15, -0.1) is 0 Å². The fourth-order valence-corrected chi connectivity index (χ4v) is 1.83. The maximum Gasteiger partial charge on any atom is 0.218 e. The molecule has 0 unspecified atom stereocenters. The molecule has 0 atom stereocenters. The number of nitrogens with one attached hydrogen (secondary N) is 1. The van der Waals surface area contributed by atoms with E-state index in [4.69, 9.17) is 9.47 Å². The summed E-state index contributed by atoms with van der Waals surface area (Å²) in [6.07, 6.45) is 5.04. The first kappa shape index (κ1) is 17.7. The van der Waals surface area contributed by atoms with Gasteiger partial charge in [-0.05, 0) is 26.2 Å². The summed E-state index contributed by atoms with van der Waals surface area (Å²) in [6.45, 7) is 9.38. The largest absolute Gasteiger partial charge is 0.478 e. The van der Waals surface area contributed by atoms with E-state index in [2.05, 4.69) is 29.1 Å². The summed E-state index contributed by atoms with van der Waals surface area (Å²) in [7, 11) is 0. The van der Waals surface area contributed by atoms with Gasteiger partial charge in [0.1, 0.15) is 11.6 Å². The van der Waals surface area contributed by atoms with E-state index in [1.807, 2.05) is 13.0 Å². The Hall–Kier alpha value is -1.36. The zero-order valence-corrected chi connectivity index (χ0v) is 13.7. The van der Waals surface area contributed by atoms with Crippen molar-refractivity contribution in [2.24, 2.45) is 0 Å². The summed E-state index contributed by atoms with van der Waals surface area (Å²) in [5.74, 6) is 2.37. The van der Waals surface area contributed by atoms with Gasteiger partial charge in [0.05, 0.1) is 6.61 Å². The van der Waals surface area contributed by atoms with Gasteiger partial charge in [-0.25, -0.2) is 4.98 Å². The molecular formula is C16H29N3O2. The molecule has 0 aliphatic heterocycles. The minimum Gasteiger partial charge on any atom is -0.478 e. The topological polar surface area (TPSA) is 56.3 Å². The van der Waals surface area contributed by atoms with Crippen molar-refractivity contribution < 1.29 is 9.47 Å². The first-order valence-electron chi connectivity index (χ1n) is 8.12. The molecule has 21 heavy (non-hydrogen) atoms. The minimum absolute atomic E-state index is 0.675. The van der Waals surface area contributed by atoms with Crippen LogP contribution in [-0.4, -0.2) is 36.3 Å². The molecule has 0 saturated carbocycles. The van der Waals surface area contributed by atoms with Crippen molar-refractivity contribution in [1.29, 1.82) is 0 Å². The molecule has 1 heterocycles. The number of nitrogens with zero attached hydrogens (tertiary/aromatic N) is 2. The Bertz CT molecular complexity index is 386. The Labute approximate surface area is 128 Å². The standard InChI is InChI=1S/C16H29N3O2/c1-4-7-12-21-16-13-15(17-10-8-11-20-6-3)18-14(19-16)9-5-2/h13H,4-12H2,1-3H3,(H,17,18,19). The van der Waals surface area contributed by atoms with Crippen LogP contribution in [0.2, 0.25) is 0 Å². The van der Waals surface area contributed by atoms with Crippen molar-refractivity contribution in [1.82, 2.24) is 9.97 Å². The van der Waals surface area contributed by atoms with Crippen LogP contribution < -0.4 is 10.1 Å². The first-order chi connectivity index (χ1) is 10.3. The van der Waals surface area contributed by atoms with E-state index in [-0.39, 0.29) is 0 Å². The third-order valence-electron chi connectivity index (χ3n) is 2.95. The monoisotopic (exact) mass is 295 g/mol. The highest BCUT2D eigenvalue weighted by atomic mass is 16.5. The highest BCUT2D eigenvalue weighted by Gasteiger charge is 2.05. The lowest BCUT2D eigenvalue weighted by molar-refractivity contribution is 0.147. The predicted molar refractivity (Wildman–Crippen MR) is 86.0 cm³/mol. The summed E-state index contributed by atoms with van der Waals surface area (Å²) < 4.78 is 11.0. The third-order valence-corrected chi connectivity index (χ3v) is 2.95. The van der Waals surface area contributed by atoms with E-state index in [0.717, 1.165) is 63.5 Å². The molecular weight excluding hydrogens is 266 g/mol. The average molecular weight is 295 g/mol.